The van der Waals surface area contributed by atoms with Crippen LogP contribution in [0.15, 0.2) is 60.7 Å². The third-order valence-electron chi connectivity index (χ3n) is 7.04. The lowest BCUT2D eigenvalue weighted by atomic mass is 9.99. The molecule has 1 heterocycles. The van der Waals surface area contributed by atoms with E-state index in [4.69, 9.17) is 9.47 Å². The van der Waals surface area contributed by atoms with Gasteiger partial charge in [0.15, 0.2) is 11.5 Å². The van der Waals surface area contributed by atoms with E-state index >= 15 is 0 Å². The Kier molecular flexibility index (Phi) is 7.04. The summed E-state index contributed by atoms with van der Waals surface area (Å²) in [5.74, 6) is 0.617. The van der Waals surface area contributed by atoms with E-state index in [1.807, 2.05) is 32.0 Å². The summed E-state index contributed by atoms with van der Waals surface area (Å²) in [4.78, 5) is 29.8. The molecule has 7 nitrogen and oxygen atoms in total. The molecule has 1 aliphatic heterocycles. The molecule has 0 spiro atoms. The van der Waals surface area contributed by atoms with Gasteiger partial charge in [-0.15, -0.1) is 0 Å². The number of carbonyl (C=O) groups is 2. The Hall–Kier alpha value is -4.00. The van der Waals surface area contributed by atoms with E-state index in [2.05, 4.69) is 5.32 Å². The van der Waals surface area contributed by atoms with Crippen LogP contribution < -0.4 is 19.7 Å². The molecule has 2 amide bonds. The number of ether oxygens (including phenoxy) is 2. The lowest BCUT2D eigenvalue weighted by Crippen LogP contribution is -2.46. The van der Waals surface area contributed by atoms with Crippen molar-refractivity contribution in [2.75, 3.05) is 18.1 Å². The average molecular weight is 501 g/mol. The number of hydrogen-bond donors (Lipinski definition) is 2. The van der Waals surface area contributed by atoms with Crippen LogP contribution in [-0.4, -0.2) is 36.2 Å². The van der Waals surface area contributed by atoms with Crippen LogP contribution in [0.2, 0.25) is 0 Å². The highest BCUT2D eigenvalue weighted by Crippen LogP contribution is 2.36. The third-order valence-corrected chi connectivity index (χ3v) is 7.04. The molecule has 1 aliphatic carbocycles. The van der Waals surface area contributed by atoms with E-state index in [0.29, 0.717) is 41.5 Å². The highest BCUT2D eigenvalue weighted by atomic mass is 16.6. The lowest BCUT2D eigenvalue weighted by Gasteiger charge is -2.33. The molecular weight excluding hydrogens is 468 g/mol. The lowest BCUT2D eigenvalue weighted by molar-refractivity contribution is -0.123. The number of benzene rings is 3. The zero-order valence-corrected chi connectivity index (χ0v) is 21.2. The van der Waals surface area contributed by atoms with Crippen LogP contribution in [0, 0.1) is 13.8 Å². The molecule has 3 aromatic carbocycles. The van der Waals surface area contributed by atoms with Gasteiger partial charge in [-0.3, -0.25) is 14.5 Å². The summed E-state index contributed by atoms with van der Waals surface area (Å²) < 4.78 is 11.4. The standard InChI is InChI=1S/C30H32N2O5/c1-19-7-13-25(20(2)17-19)32(30(35)22-10-14-26-27(18-22)37-16-15-36-26)28(21-8-11-24(33)12-9-21)29(34)31-23-5-3-4-6-23/h7-14,17-18,23,28,33H,3-6,15-16H2,1-2H3,(H,31,34)/t28-/m0/s1. The molecule has 2 aliphatic rings. The number of carbonyl (C=O) groups excluding carboxylic acids is 2. The molecule has 192 valence electrons. The Bertz CT molecular complexity index is 1300. The number of nitrogens with zero attached hydrogens (tertiary/aromatic N) is 1. The summed E-state index contributed by atoms with van der Waals surface area (Å²) in [5.41, 5.74) is 3.58. The average Bonchev–Trinajstić information content (AvgIpc) is 3.41. The van der Waals surface area contributed by atoms with E-state index in [0.717, 1.165) is 36.8 Å². The van der Waals surface area contributed by atoms with Crippen molar-refractivity contribution in [1.82, 2.24) is 5.32 Å². The second kappa shape index (κ2) is 10.5. The van der Waals surface area contributed by atoms with E-state index in [1.54, 1.807) is 47.4 Å². The van der Waals surface area contributed by atoms with Crippen LogP contribution in [-0.2, 0) is 4.79 Å². The van der Waals surface area contributed by atoms with Crippen molar-refractivity contribution in [3.05, 3.63) is 82.9 Å². The third kappa shape index (κ3) is 5.26. The minimum absolute atomic E-state index is 0.0810. The fourth-order valence-electron chi connectivity index (χ4n) is 5.18. The molecule has 0 unspecified atom stereocenters. The summed E-state index contributed by atoms with van der Waals surface area (Å²) in [7, 11) is 0. The second-order valence-electron chi connectivity index (χ2n) is 9.81. The molecular formula is C30H32N2O5. The molecule has 0 saturated heterocycles. The first-order chi connectivity index (χ1) is 17.9. The first-order valence-electron chi connectivity index (χ1n) is 12.8. The quantitative estimate of drug-likeness (QED) is 0.484. The van der Waals surface area contributed by atoms with Crippen molar-refractivity contribution in [3.8, 4) is 17.2 Å². The Morgan fingerprint density at radius 1 is 0.919 bits per heavy atom. The van der Waals surface area contributed by atoms with Crippen LogP contribution in [0.4, 0.5) is 5.69 Å². The number of fused-ring (bicyclic) bond motifs is 1. The predicted molar refractivity (Wildman–Crippen MR) is 141 cm³/mol. The zero-order chi connectivity index (χ0) is 25.9. The number of aryl methyl sites for hydroxylation is 2. The molecule has 1 atom stereocenters. The number of rotatable bonds is 6. The van der Waals surface area contributed by atoms with Gasteiger partial charge in [-0.1, -0.05) is 42.7 Å². The number of aromatic hydroxyl groups is 1. The molecule has 1 saturated carbocycles. The molecule has 3 aromatic rings. The van der Waals surface area contributed by atoms with Gasteiger partial charge < -0.3 is 19.9 Å². The smallest absolute Gasteiger partial charge is 0.259 e. The fraction of sp³-hybridized carbons (Fsp3) is 0.333. The minimum Gasteiger partial charge on any atom is -0.508 e. The first kappa shape index (κ1) is 24.7. The van der Waals surface area contributed by atoms with Crippen LogP contribution >= 0.6 is 0 Å². The van der Waals surface area contributed by atoms with Crippen molar-refractivity contribution in [2.24, 2.45) is 0 Å². The van der Waals surface area contributed by atoms with Crippen LogP contribution in [0.1, 0.15) is 58.8 Å². The molecule has 0 aromatic heterocycles. The Balaban J connectivity index is 1.62. The van der Waals surface area contributed by atoms with Crippen LogP contribution in [0.25, 0.3) is 0 Å². The molecule has 0 radical (unpaired) electrons. The predicted octanol–water partition coefficient (Wildman–Crippen LogP) is 5.23. The van der Waals surface area contributed by atoms with E-state index in [-0.39, 0.29) is 23.6 Å². The Morgan fingerprint density at radius 2 is 1.62 bits per heavy atom. The van der Waals surface area contributed by atoms with Crippen LogP contribution in [0.3, 0.4) is 0 Å². The maximum Gasteiger partial charge on any atom is 0.259 e. The zero-order valence-electron chi connectivity index (χ0n) is 21.2. The molecule has 7 heteroatoms. The van der Waals surface area contributed by atoms with Crippen molar-refractivity contribution in [1.29, 1.82) is 0 Å². The molecule has 37 heavy (non-hydrogen) atoms. The van der Waals surface area contributed by atoms with Crippen molar-refractivity contribution < 1.29 is 24.2 Å². The highest BCUT2D eigenvalue weighted by Gasteiger charge is 2.36. The van der Waals surface area contributed by atoms with Crippen molar-refractivity contribution in [3.63, 3.8) is 0 Å². The summed E-state index contributed by atoms with van der Waals surface area (Å²) in [6, 6.07) is 16.6. The molecule has 0 bridgehead atoms. The highest BCUT2D eigenvalue weighted by molar-refractivity contribution is 6.10. The van der Waals surface area contributed by atoms with Gasteiger partial charge in [-0.2, -0.15) is 0 Å². The number of nitrogens with one attached hydrogen (secondary N) is 1. The van der Waals surface area contributed by atoms with Crippen molar-refractivity contribution >= 4 is 17.5 Å². The number of hydrogen-bond acceptors (Lipinski definition) is 5. The summed E-state index contributed by atoms with van der Waals surface area (Å²) in [6.45, 7) is 4.80. The van der Waals surface area contributed by atoms with Gasteiger partial charge in [0.05, 0.1) is 0 Å². The summed E-state index contributed by atoms with van der Waals surface area (Å²) >= 11 is 0. The van der Waals surface area contributed by atoms with Gasteiger partial charge in [0, 0.05) is 17.3 Å². The van der Waals surface area contributed by atoms with Gasteiger partial charge in [-0.25, -0.2) is 0 Å². The van der Waals surface area contributed by atoms with Crippen molar-refractivity contribution in [2.45, 2.75) is 51.6 Å². The van der Waals surface area contributed by atoms with Gasteiger partial charge in [0.2, 0.25) is 5.91 Å². The number of amides is 2. The van der Waals surface area contributed by atoms with E-state index in [9.17, 15) is 14.7 Å². The summed E-state index contributed by atoms with van der Waals surface area (Å²) in [5, 5.41) is 13.1. The molecule has 5 rings (SSSR count). The monoisotopic (exact) mass is 500 g/mol. The normalized spacial score (nSPS) is 15.7. The van der Waals surface area contributed by atoms with Crippen LogP contribution in [0.5, 0.6) is 17.2 Å². The van der Waals surface area contributed by atoms with E-state index in [1.165, 1.54) is 0 Å². The molecule has 2 N–H and O–H groups in total. The fourth-order valence-corrected chi connectivity index (χ4v) is 5.18. The van der Waals surface area contributed by atoms with Gasteiger partial charge in [-0.05, 0) is 74.2 Å². The van der Waals surface area contributed by atoms with Gasteiger partial charge in [0.25, 0.3) is 5.91 Å². The Labute approximate surface area is 217 Å². The maximum atomic E-state index is 14.3. The number of anilines is 1. The molecule has 1 fully saturated rings. The minimum atomic E-state index is -0.941. The topological polar surface area (TPSA) is 88.1 Å². The SMILES string of the molecule is Cc1ccc(N(C(=O)c2ccc3c(c2)OCCO3)[C@H](C(=O)NC2CCCC2)c2ccc(O)cc2)c(C)c1. The number of phenols is 1. The Morgan fingerprint density at radius 3 is 2.32 bits per heavy atom. The number of phenolic OH excluding ortho intramolecular Hbond substituents is 1. The first-order valence-corrected chi connectivity index (χ1v) is 12.8. The maximum absolute atomic E-state index is 14.3. The van der Waals surface area contributed by atoms with Gasteiger partial charge in [0.1, 0.15) is 25.0 Å². The largest absolute Gasteiger partial charge is 0.508 e. The summed E-state index contributed by atoms with van der Waals surface area (Å²) in [6.07, 6.45) is 4.00. The van der Waals surface area contributed by atoms with Gasteiger partial charge >= 0.3 is 0 Å². The van der Waals surface area contributed by atoms with E-state index < -0.39 is 6.04 Å². The second-order valence-corrected chi connectivity index (χ2v) is 9.81.